The number of allylic oxidation sites excluding steroid dienone is 2. The number of likely N-dealkylation sites (N-methyl/N-ethyl adjacent to an activating group) is 1. The number of rotatable bonds is 3. The van der Waals surface area contributed by atoms with Gasteiger partial charge in [0.05, 0.1) is 18.2 Å². The Morgan fingerprint density at radius 3 is 2.62 bits per heavy atom. The Kier molecular flexibility index (Phi) is 4.40. The van der Waals surface area contributed by atoms with E-state index in [9.17, 15) is 14.9 Å². The lowest BCUT2D eigenvalue weighted by Gasteiger charge is -2.34. The Morgan fingerprint density at radius 2 is 1.93 bits per heavy atom. The second kappa shape index (κ2) is 6.68. The number of hydrogen-bond acceptors (Lipinski definition) is 4. The molecule has 2 aliphatic carbocycles. The first-order valence-electron chi connectivity index (χ1n) is 9.62. The van der Waals surface area contributed by atoms with E-state index in [1.807, 2.05) is 18.2 Å². The summed E-state index contributed by atoms with van der Waals surface area (Å²) in [6, 6.07) is 12.9. The van der Waals surface area contributed by atoms with E-state index in [1.54, 1.807) is 25.2 Å². The Bertz CT molecular complexity index is 1140. The van der Waals surface area contributed by atoms with Crippen LogP contribution in [0.1, 0.15) is 56.8 Å². The molecule has 0 saturated carbocycles. The van der Waals surface area contributed by atoms with Crippen LogP contribution in [0.5, 0.6) is 0 Å². The molecular formula is C24H22N2O3. The number of fused-ring (bicyclic) bond motifs is 3. The number of carbonyl (C=O) groups is 2. The largest absolute Gasteiger partial charge is 0.395 e. The van der Waals surface area contributed by atoms with E-state index >= 15 is 0 Å². The molecule has 0 unspecified atom stereocenters. The van der Waals surface area contributed by atoms with E-state index in [4.69, 9.17) is 5.11 Å². The minimum Gasteiger partial charge on any atom is -0.395 e. The molecule has 5 nitrogen and oxygen atoms in total. The zero-order chi connectivity index (χ0) is 20.9. The first-order chi connectivity index (χ1) is 13.8. The van der Waals surface area contributed by atoms with Crippen LogP contribution in [0.3, 0.4) is 0 Å². The van der Waals surface area contributed by atoms with Gasteiger partial charge >= 0.3 is 0 Å². The van der Waals surface area contributed by atoms with Crippen molar-refractivity contribution in [1.82, 2.24) is 4.90 Å². The van der Waals surface area contributed by atoms with Crippen LogP contribution in [0, 0.1) is 11.3 Å². The smallest absolute Gasteiger partial charge is 0.253 e. The third-order valence-electron chi connectivity index (χ3n) is 6.12. The Balaban J connectivity index is 1.81. The second-order valence-corrected chi connectivity index (χ2v) is 8.18. The van der Waals surface area contributed by atoms with Gasteiger partial charge in [-0.2, -0.15) is 5.26 Å². The van der Waals surface area contributed by atoms with Gasteiger partial charge in [-0.05, 0) is 59.0 Å². The van der Waals surface area contributed by atoms with Gasteiger partial charge in [-0.25, -0.2) is 0 Å². The highest BCUT2D eigenvalue weighted by Gasteiger charge is 2.43. The summed E-state index contributed by atoms with van der Waals surface area (Å²) in [6.07, 6.45) is 0.626. The van der Waals surface area contributed by atoms with Gasteiger partial charge in [-0.1, -0.05) is 19.9 Å². The summed E-state index contributed by atoms with van der Waals surface area (Å²) < 4.78 is 0. The summed E-state index contributed by atoms with van der Waals surface area (Å²) in [5, 5.41) is 18.3. The fourth-order valence-corrected chi connectivity index (χ4v) is 4.45. The second-order valence-electron chi connectivity index (χ2n) is 8.18. The lowest BCUT2D eigenvalue weighted by molar-refractivity contribution is 0.0766. The topological polar surface area (TPSA) is 81.4 Å². The van der Waals surface area contributed by atoms with Crippen molar-refractivity contribution in [2.24, 2.45) is 0 Å². The van der Waals surface area contributed by atoms with Gasteiger partial charge in [-0.3, -0.25) is 9.59 Å². The van der Waals surface area contributed by atoms with E-state index in [1.165, 1.54) is 4.90 Å². The number of benzene rings is 2. The number of ketones is 1. The first-order valence-corrected chi connectivity index (χ1v) is 9.62. The molecule has 0 aromatic heterocycles. The van der Waals surface area contributed by atoms with Crippen LogP contribution < -0.4 is 0 Å². The van der Waals surface area contributed by atoms with Crippen molar-refractivity contribution in [3.05, 3.63) is 75.4 Å². The Labute approximate surface area is 169 Å². The molecule has 2 aliphatic rings. The highest BCUT2D eigenvalue weighted by molar-refractivity contribution is 6.33. The zero-order valence-corrected chi connectivity index (χ0v) is 16.7. The maximum absolute atomic E-state index is 13.4. The van der Waals surface area contributed by atoms with E-state index < -0.39 is 5.41 Å². The van der Waals surface area contributed by atoms with Crippen molar-refractivity contribution < 1.29 is 14.7 Å². The molecular weight excluding hydrogens is 364 g/mol. The van der Waals surface area contributed by atoms with Gasteiger partial charge in [0.2, 0.25) is 0 Å². The Hall–Kier alpha value is -3.23. The van der Waals surface area contributed by atoms with Crippen LogP contribution >= 0.6 is 0 Å². The molecule has 5 heteroatoms. The summed E-state index contributed by atoms with van der Waals surface area (Å²) in [4.78, 5) is 27.5. The van der Waals surface area contributed by atoms with Crippen molar-refractivity contribution in [3.8, 4) is 6.07 Å². The summed E-state index contributed by atoms with van der Waals surface area (Å²) >= 11 is 0. The van der Waals surface area contributed by atoms with Gasteiger partial charge in [0.25, 0.3) is 5.91 Å². The Morgan fingerprint density at radius 1 is 1.21 bits per heavy atom. The summed E-state index contributed by atoms with van der Waals surface area (Å²) in [6.45, 7) is 4.31. The minimum atomic E-state index is -0.420. The zero-order valence-electron chi connectivity index (χ0n) is 16.7. The van der Waals surface area contributed by atoms with Gasteiger partial charge in [0.15, 0.2) is 5.78 Å². The standard InChI is InChI=1S/C24H22N2O3/c1-24(2)19-11-15(23(29)26(3)8-9-27)5-7-18(19)22(28)21-17-6-4-14(13-25)10-16(17)12-20(21)24/h4-7,10-11,27H,8-9,12H2,1-3H3. The quantitative estimate of drug-likeness (QED) is 0.879. The summed E-state index contributed by atoms with van der Waals surface area (Å²) in [7, 11) is 1.65. The molecule has 0 bridgehead atoms. The lowest BCUT2D eigenvalue weighted by atomic mass is 9.68. The molecule has 0 radical (unpaired) electrons. The van der Waals surface area contributed by atoms with Crippen LogP contribution in [0.2, 0.25) is 0 Å². The van der Waals surface area contributed by atoms with Crippen molar-refractivity contribution >= 4 is 17.3 Å². The fourth-order valence-electron chi connectivity index (χ4n) is 4.45. The molecule has 2 aromatic rings. The van der Waals surface area contributed by atoms with Gasteiger partial charge in [0, 0.05) is 35.7 Å². The predicted octanol–water partition coefficient (Wildman–Crippen LogP) is 3.11. The van der Waals surface area contributed by atoms with Gasteiger partial charge in [-0.15, -0.1) is 0 Å². The number of Topliss-reactive ketones (excluding diaryl/α,β-unsaturated/α-hetero) is 1. The number of amides is 1. The van der Waals surface area contributed by atoms with E-state index in [-0.39, 0.29) is 24.8 Å². The molecule has 146 valence electrons. The van der Waals surface area contributed by atoms with Crippen molar-refractivity contribution in [2.45, 2.75) is 25.7 Å². The maximum atomic E-state index is 13.4. The molecule has 1 amide bonds. The number of aliphatic hydroxyl groups is 1. The number of aliphatic hydroxyl groups excluding tert-OH is 1. The average Bonchev–Trinajstić information content (AvgIpc) is 3.11. The van der Waals surface area contributed by atoms with E-state index in [2.05, 4.69) is 19.9 Å². The summed E-state index contributed by atoms with van der Waals surface area (Å²) in [5.41, 5.74) is 5.82. The molecule has 2 aromatic carbocycles. The van der Waals surface area contributed by atoms with Crippen LogP contribution in [0.15, 0.2) is 42.0 Å². The van der Waals surface area contributed by atoms with Crippen LogP contribution in [-0.4, -0.2) is 41.9 Å². The number of nitrogens with zero attached hydrogens (tertiary/aromatic N) is 2. The molecule has 1 N–H and O–H groups in total. The van der Waals surface area contributed by atoms with Crippen molar-refractivity contribution in [1.29, 1.82) is 5.26 Å². The molecule has 29 heavy (non-hydrogen) atoms. The maximum Gasteiger partial charge on any atom is 0.253 e. The van der Waals surface area contributed by atoms with Crippen molar-refractivity contribution in [2.75, 3.05) is 20.2 Å². The first kappa shape index (κ1) is 19.1. The van der Waals surface area contributed by atoms with E-state index in [0.29, 0.717) is 23.1 Å². The monoisotopic (exact) mass is 386 g/mol. The van der Waals surface area contributed by atoms with Crippen LogP contribution in [0.4, 0.5) is 0 Å². The molecule has 0 heterocycles. The number of hydrogen-bond donors (Lipinski definition) is 1. The molecule has 0 aliphatic heterocycles. The van der Waals surface area contributed by atoms with Gasteiger partial charge in [0.1, 0.15) is 0 Å². The summed E-state index contributed by atoms with van der Waals surface area (Å²) in [5.74, 6) is -0.210. The van der Waals surface area contributed by atoms with Gasteiger partial charge < -0.3 is 10.0 Å². The highest BCUT2D eigenvalue weighted by atomic mass is 16.3. The molecule has 4 rings (SSSR count). The normalized spacial score (nSPS) is 16.0. The molecule has 0 spiro atoms. The highest BCUT2D eigenvalue weighted by Crippen LogP contribution is 2.50. The van der Waals surface area contributed by atoms with E-state index in [0.717, 1.165) is 27.8 Å². The molecule has 0 fully saturated rings. The third kappa shape index (κ3) is 2.80. The molecule has 0 atom stereocenters. The molecule has 0 saturated heterocycles. The number of carbonyl (C=O) groups excluding carboxylic acids is 2. The third-order valence-corrected chi connectivity index (χ3v) is 6.12. The van der Waals surface area contributed by atoms with Crippen molar-refractivity contribution in [3.63, 3.8) is 0 Å². The predicted molar refractivity (Wildman–Crippen MR) is 110 cm³/mol. The van der Waals surface area contributed by atoms with Crippen LogP contribution in [-0.2, 0) is 11.8 Å². The average molecular weight is 386 g/mol. The minimum absolute atomic E-state index is 0.0273. The lowest BCUT2D eigenvalue weighted by Crippen LogP contribution is -2.32. The fraction of sp³-hybridized carbons (Fsp3) is 0.292. The van der Waals surface area contributed by atoms with Crippen LogP contribution in [0.25, 0.3) is 5.57 Å². The SMILES string of the molecule is CN(CCO)C(=O)c1ccc2c(c1)C(C)(C)C1=C(C2=O)c2ccc(C#N)cc2C1. The number of nitriles is 1.